The molecule has 0 radical (unpaired) electrons. The van der Waals surface area contributed by atoms with Gasteiger partial charge in [0, 0.05) is 12.3 Å². The second-order valence-corrected chi connectivity index (χ2v) is 9.91. The van der Waals surface area contributed by atoms with Crippen LogP contribution in [-0.2, 0) is 9.47 Å². The topological polar surface area (TPSA) is 88.5 Å². The van der Waals surface area contributed by atoms with Gasteiger partial charge < -0.3 is 24.4 Å². The van der Waals surface area contributed by atoms with E-state index in [-0.39, 0.29) is 40.5 Å². The van der Waals surface area contributed by atoms with Crippen molar-refractivity contribution < 1.29 is 29.2 Å². The zero-order valence-electron chi connectivity index (χ0n) is 17.9. The highest BCUT2D eigenvalue weighted by Crippen LogP contribution is 2.64. The number of rotatable bonds is 4. The van der Waals surface area contributed by atoms with Crippen LogP contribution in [0.25, 0.3) is 0 Å². The summed E-state index contributed by atoms with van der Waals surface area (Å²) in [5, 5.41) is 21.1. The van der Waals surface area contributed by atoms with Gasteiger partial charge in [-0.05, 0) is 55.7 Å². The fraction of sp³-hybridized carbons (Fsp3) is 0.696. The number of carbonyl (C=O) groups excluding carboxylic acids is 1. The minimum Gasteiger partial charge on any atom is -0.504 e. The number of hydrogen-bond donors (Lipinski definition) is 2. The minimum atomic E-state index is -0.747. The number of ether oxygens (including phenoxy) is 3. The molecule has 29 heavy (non-hydrogen) atoms. The maximum atomic E-state index is 13.1. The quantitative estimate of drug-likeness (QED) is 0.588. The van der Waals surface area contributed by atoms with Crippen molar-refractivity contribution in [2.45, 2.75) is 76.8 Å². The van der Waals surface area contributed by atoms with Crippen LogP contribution in [0.5, 0.6) is 11.5 Å². The molecule has 3 aliphatic rings. The summed E-state index contributed by atoms with van der Waals surface area (Å²) in [7, 11) is 1.44. The van der Waals surface area contributed by atoms with Gasteiger partial charge in [-0.3, -0.25) is 0 Å². The second-order valence-electron chi connectivity index (χ2n) is 9.91. The number of hydrogen-bond acceptors (Lipinski definition) is 6. The maximum absolute atomic E-state index is 13.1. The summed E-state index contributed by atoms with van der Waals surface area (Å²) in [6, 6.07) is 4.46. The van der Waals surface area contributed by atoms with E-state index < -0.39 is 17.7 Å². The molecule has 0 aromatic heterocycles. The standard InChI is InChI=1S/C23H32O6/c1-13(2)23(29-20(26)14-6-7-15(24)17(10-14)27-5)9-8-21(3)12-18-22(4,28-18)11-16(25)19(21)23/h6-7,10,13,16,18-19,24-25H,8-9,11-12H2,1-5H3. The summed E-state index contributed by atoms with van der Waals surface area (Å²) >= 11 is 0. The Morgan fingerprint density at radius 1 is 1.24 bits per heavy atom. The van der Waals surface area contributed by atoms with Crippen molar-refractivity contribution in [3.63, 3.8) is 0 Å². The van der Waals surface area contributed by atoms with Crippen molar-refractivity contribution in [3.05, 3.63) is 23.8 Å². The Hall–Kier alpha value is -1.79. The lowest BCUT2D eigenvalue weighted by Gasteiger charge is -2.45. The summed E-state index contributed by atoms with van der Waals surface area (Å²) in [6.07, 6.45) is 2.63. The molecule has 0 spiro atoms. The van der Waals surface area contributed by atoms with Crippen LogP contribution in [0.3, 0.4) is 0 Å². The van der Waals surface area contributed by atoms with Gasteiger partial charge in [-0.25, -0.2) is 4.79 Å². The zero-order valence-corrected chi connectivity index (χ0v) is 17.9. The molecule has 6 heteroatoms. The van der Waals surface area contributed by atoms with Crippen LogP contribution in [0.4, 0.5) is 0 Å². The highest BCUT2D eigenvalue weighted by atomic mass is 16.6. The molecular weight excluding hydrogens is 372 g/mol. The van der Waals surface area contributed by atoms with Gasteiger partial charge >= 0.3 is 5.97 Å². The highest BCUT2D eigenvalue weighted by molar-refractivity contribution is 5.90. The van der Waals surface area contributed by atoms with Gasteiger partial charge in [0.2, 0.25) is 0 Å². The lowest BCUT2D eigenvalue weighted by molar-refractivity contribution is -0.124. The molecule has 6 unspecified atom stereocenters. The molecule has 6 nitrogen and oxygen atoms in total. The molecule has 4 rings (SSSR count). The van der Waals surface area contributed by atoms with E-state index in [1.807, 2.05) is 0 Å². The van der Waals surface area contributed by atoms with Gasteiger partial charge in [0.25, 0.3) is 0 Å². The minimum absolute atomic E-state index is 0.0253. The molecule has 6 atom stereocenters. The van der Waals surface area contributed by atoms with E-state index in [4.69, 9.17) is 14.2 Å². The number of carbonyl (C=O) groups is 1. The summed E-state index contributed by atoms with van der Waals surface area (Å²) in [6.45, 7) is 8.40. The van der Waals surface area contributed by atoms with Crippen LogP contribution in [0.2, 0.25) is 0 Å². The fourth-order valence-electron chi connectivity index (χ4n) is 6.00. The van der Waals surface area contributed by atoms with Gasteiger partial charge in [0.05, 0.1) is 30.5 Å². The molecule has 1 aromatic carbocycles. The van der Waals surface area contributed by atoms with E-state index in [9.17, 15) is 15.0 Å². The Morgan fingerprint density at radius 2 is 1.97 bits per heavy atom. The highest BCUT2D eigenvalue weighted by Gasteiger charge is 2.68. The molecule has 160 valence electrons. The van der Waals surface area contributed by atoms with E-state index in [1.165, 1.54) is 25.3 Å². The van der Waals surface area contributed by atoms with E-state index in [1.54, 1.807) is 0 Å². The van der Waals surface area contributed by atoms with Gasteiger partial charge in [-0.1, -0.05) is 20.8 Å². The van der Waals surface area contributed by atoms with Crippen LogP contribution in [0.1, 0.15) is 63.7 Å². The molecule has 0 bridgehead atoms. The Bertz CT molecular complexity index is 822. The monoisotopic (exact) mass is 404 g/mol. The second kappa shape index (κ2) is 6.61. The molecule has 1 heterocycles. The predicted octanol–water partition coefficient (Wildman–Crippen LogP) is 3.68. The molecule has 2 saturated carbocycles. The first kappa shape index (κ1) is 20.5. The van der Waals surface area contributed by atoms with Crippen molar-refractivity contribution in [3.8, 4) is 11.5 Å². The van der Waals surface area contributed by atoms with Crippen LogP contribution in [0, 0.1) is 17.3 Å². The van der Waals surface area contributed by atoms with Crippen molar-refractivity contribution in [2.24, 2.45) is 17.3 Å². The van der Waals surface area contributed by atoms with Crippen LogP contribution < -0.4 is 4.74 Å². The number of epoxide rings is 1. The number of benzene rings is 1. The van der Waals surface area contributed by atoms with Crippen LogP contribution in [-0.4, -0.2) is 46.7 Å². The average Bonchev–Trinajstić information content (AvgIpc) is 3.16. The number of esters is 1. The van der Waals surface area contributed by atoms with Crippen molar-refractivity contribution in [2.75, 3.05) is 7.11 Å². The Labute approximate surface area is 172 Å². The summed E-state index contributed by atoms with van der Waals surface area (Å²) < 4.78 is 17.3. The average molecular weight is 405 g/mol. The molecule has 2 aliphatic carbocycles. The third kappa shape index (κ3) is 3.12. The van der Waals surface area contributed by atoms with E-state index in [2.05, 4.69) is 27.7 Å². The number of aliphatic hydroxyl groups is 1. The van der Waals surface area contributed by atoms with Crippen LogP contribution in [0.15, 0.2) is 18.2 Å². The lowest BCUT2D eigenvalue weighted by Crippen LogP contribution is -2.52. The Kier molecular flexibility index (Phi) is 4.67. The van der Waals surface area contributed by atoms with Crippen LogP contribution >= 0.6 is 0 Å². The first-order valence-corrected chi connectivity index (χ1v) is 10.5. The number of fused-ring (bicyclic) bond motifs is 2. The number of phenolic OH excluding ortho intramolecular Hbond substituents is 1. The third-order valence-corrected chi connectivity index (χ3v) is 7.73. The molecule has 3 fully saturated rings. The molecule has 0 amide bonds. The molecule has 2 N–H and O–H groups in total. The number of aromatic hydroxyl groups is 1. The van der Waals surface area contributed by atoms with Crippen molar-refractivity contribution in [1.82, 2.24) is 0 Å². The molecule has 1 aromatic rings. The van der Waals surface area contributed by atoms with Gasteiger partial charge in [0.15, 0.2) is 11.5 Å². The van der Waals surface area contributed by atoms with Gasteiger partial charge in [0.1, 0.15) is 5.60 Å². The summed E-state index contributed by atoms with van der Waals surface area (Å²) in [4.78, 5) is 13.1. The maximum Gasteiger partial charge on any atom is 0.338 e. The predicted molar refractivity (Wildman–Crippen MR) is 107 cm³/mol. The van der Waals surface area contributed by atoms with Gasteiger partial charge in [-0.15, -0.1) is 0 Å². The zero-order chi connectivity index (χ0) is 21.2. The van der Waals surface area contributed by atoms with Crippen molar-refractivity contribution in [1.29, 1.82) is 0 Å². The molecule has 1 saturated heterocycles. The summed E-state index contributed by atoms with van der Waals surface area (Å²) in [5.41, 5.74) is -0.822. The summed E-state index contributed by atoms with van der Waals surface area (Å²) in [5.74, 6) is -0.344. The van der Waals surface area contributed by atoms with Gasteiger partial charge in [-0.2, -0.15) is 0 Å². The Balaban J connectivity index is 1.67. The normalized spacial score (nSPS) is 40.7. The third-order valence-electron chi connectivity index (χ3n) is 7.73. The Morgan fingerprint density at radius 3 is 2.62 bits per heavy atom. The lowest BCUT2D eigenvalue weighted by atomic mass is 9.67. The number of methoxy groups -OCH3 is 1. The first-order chi connectivity index (χ1) is 13.5. The first-order valence-electron chi connectivity index (χ1n) is 10.5. The smallest absolute Gasteiger partial charge is 0.338 e. The van der Waals surface area contributed by atoms with Crippen molar-refractivity contribution >= 4 is 5.97 Å². The number of aliphatic hydroxyl groups excluding tert-OH is 1. The SMILES string of the molecule is COc1cc(C(=O)OC2(C(C)C)CCC3(C)CC4OC4(C)CC(O)C32)ccc1O. The van der Waals surface area contributed by atoms with E-state index in [0.29, 0.717) is 18.4 Å². The number of phenols is 1. The van der Waals surface area contributed by atoms with E-state index in [0.717, 1.165) is 12.8 Å². The van der Waals surface area contributed by atoms with E-state index >= 15 is 0 Å². The molecule has 1 aliphatic heterocycles. The molecular formula is C23H32O6. The largest absolute Gasteiger partial charge is 0.504 e. The fourth-order valence-corrected chi connectivity index (χ4v) is 6.00.